The van der Waals surface area contributed by atoms with Gasteiger partial charge in [0.05, 0.1) is 18.4 Å². The van der Waals surface area contributed by atoms with Crippen LogP contribution in [-0.4, -0.2) is 36.1 Å². The Morgan fingerprint density at radius 1 is 1.29 bits per heavy atom. The van der Waals surface area contributed by atoms with Crippen LogP contribution >= 0.6 is 0 Å². The second-order valence-corrected chi connectivity index (χ2v) is 4.40. The van der Waals surface area contributed by atoms with Gasteiger partial charge in [-0.1, -0.05) is 12.1 Å². The van der Waals surface area contributed by atoms with Crippen molar-refractivity contribution < 1.29 is 9.53 Å². The summed E-state index contributed by atoms with van der Waals surface area (Å²) >= 11 is 0. The van der Waals surface area contributed by atoms with Crippen LogP contribution in [0, 0.1) is 0 Å². The Balaban J connectivity index is 2.36. The number of aromatic nitrogens is 2. The zero-order valence-corrected chi connectivity index (χ0v) is 11.9. The monoisotopic (exact) mass is 286 g/mol. The largest absolute Gasteiger partial charge is 0.495 e. The number of methoxy groups -OCH3 is 1. The third-order valence-corrected chi connectivity index (χ3v) is 3.01. The Kier molecular flexibility index (Phi) is 5.22. The van der Waals surface area contributed by atoms with E-state index >= 15 is 0 Å². The van der Waals surface area contributed by atoms with Crippen molar-refractivity contribution in [3.05, 3.63) is 48.5 Å². The maximum absolute atomic E-state index is 12.7. The van der Waals surface area contributed by atoms with Crippen molar-refractivity contribution in [3.63, 3.8) is 0 Å². The number of nitrogens with zero attached hydrogens (tertiary/aromatic N) is 3. The van der Waals surface area contributed by atoms with E-state index in [1.165, 1.54) is 18.7 Å². The van der Waals surface area contributed by atoms with E-state index in [0.29, 0.717) is 36.5 Å². The van der Waals surface area contributed by atoms with Crippen molar-refractivity contribution in [3.8, 4) is 5.75 Å². The first kappa shape index (κ1) is 14.9. The highest BCUT2D eigenvalue weighted by Crippen LogP contribution is 2.28. The first-order chi connectivity index (χ1) is 10.3. The van der Waals surface area contributed by atoms with Crippen molar-refractivity contribution in [2.45, 2.75) is 6.42 Å². The summed E-state index contributed by atoms with van der Waals surface area (Å²) in [6.07, 6.45) is 5.09. The first-order valence-corrected chi connectivity index (χ1v) is 6.68. The number of para-hydroxylation sites is 2. The van der Waals surface area contributed by atoms with Crippen molar-refractivity contribution >= 4 is 11.6 Å². The zero-order valence-electron chi connectivity index (χ0n) is 11.9. The average molecular weight is 286 g/mol. The number of hydrogen-bond donors (Lipinski definition) is 1. The Labute approximate surface area is 123 Å². The molecule has 110 valence electrons. The van der Waals surface area contributed by atoms with E-state index in [1.54, 1.807) is 12.0 Å². The second-order valence-electron chi connectivity index (χ2n) is 4.40. The lowest BCUT2D eigenvalue weighted by Crippen LogP contribution is -2.33. The summed E-state index contributed by atoms with van der Waals surface area (Å²) < 4.78 is 5.34. The summed E-state index contributed by atoms with van der Waals surface area (Å²) in [5.74, 6) is 0.466. The summed E-state index contributed by atoms with van der Waals surface area (Å²) in [5.41, 5.74) is 6.71. The van der Waals surface area contributed by atoms with Crippen molar-refractivity contribution in [2.75, 3.05) is 25.1 Å². The quantitative estimate of drug-likeness (QED) is 0.870. The van der Waals surface area contributed by atoms with Crippen molar-refractivity contribution in [2.24, 2.45) is 5.73 Å². The lowest BCUT2D eigenvalue weighted by molar-refractivity contribution is 0.0985. The number of carbonyl (C=O) groups excluding carboxylic acids is 1. The Hall–Kier alpha value is -2.47. The van der Waals surface area contributed by atoms with Crippen LogP contribution in [0.1, 0.15) is 16.8 Å². The van der Waals surface area contributed by atoms with Gasteiger partial charge < -0.3 is 15.4 Å². The molecule has 0 spiro atoms. The Morgan fingerprint density at radius 3 is 2.67 bits per heavy atom. The molecule has 0 aliphatic carbocycles. The minimum atomic E-state index is -0.173. The van der Waals surface area contributed by atoms with E-state index in [2.05, 4.69) is 9.97 Å². The molecular formula is C15H18N4O2. The van der Waals surface area contributed by atoms with Crippen molar-refractivity contribution in [1.29, 1.82) is 0 Å². The number of ether oxygens (including phenoxy) is 1. The molecule has 2 N–H and O–H groups in total. The van der Waals surface area contributed by atoms with Crippen LogP contribution in [0.25, 0.3) is 0 Å². The second kappa shape index (κ2) is 7.35. The Morgan fingerprint density at radius 2 is 2.00 bits per heavy atom. The molecular weight excluding hydrogens is 268 g/mol. The van der Waals surface area contributed by atoms with Crippen LogP contribution in [0.3, 0.4) is 0 Å². The van der Waals surface area contributed by atoms with E-state index in [0.717, 1.165) is 0 Å². The average Bonchev–Trinajstić information content (AvgIpc) is 2.56. The molecule has 2 aromatic rings. The molecule has 2 rings (SSSR count). The number of benzene rings is 1. The molecule has 1 aromatic carbocycles. The van der Waals surface area contributed by atoms with Crippen LogP contribution in [0.5, 0.6) is 5.75 Å². The molecule has 0 saturated carbocycles. The lowest BCUT2D eigenvalue weighted by atomic mass is 10.2. The molecule has 0 aliphatic heterocycles. The van der Waals surface area contributed by atoms with Crippen LogP contribution in [0.4, 0.5) is 5.69 Å². The predicted molar refractivity (Wildman–Crippen MR) is 80.4 cm³/mol. The molecule has 0 saturated heterocycles. The van der Waals surface area contributed by atoms with Crippen LogP contribution in [0.2, 0.25) is 0 Å². The van der Waals surface area contributed by atoms with Gasteiger partial charge in [-0.15, -0.1) is 0 Å². The maximum atomic E-state index is 12.7. The highest BCUT2D eigenvalue weighted by molar-refractivity contribution is 6.06. The number of carbonyl (C=O) groups is 1. The molecule has 0 bridgehead atoms. The van der Waals surface area contributed by atoms with E-state index in [-0.39, 0.29) is 5.91 Å². The molecule has 6 nitrogen and oxygen atoms in total. The highest BCUT2D eigenvalue weighted by atomic mass is 16.5. The minimum Gasteiger partial charge on any atom is -0.495 e. The van der Waals surface area contributed by atoms with E-state index in [4.69, 9.17) is 10.5 Å². The van der Waals surface area contributed by atoms with Gasteiger partial charge >= 0.3 is 0 Å². The molecule has 0 unspecified atom stereocenters. The van der Waals surface area contributed by atoms with Gasteiger partial charge in [-0.2, -0.15) is 0 Å². The van der Waals surface area contributed by atoms with Crippen LogP contribution < -0.4 is 15.4 Å². The Bertz CT molecular complexity index is 589. The summed E-state index contributed by atoms with van der Waals surface area (Å²) in [4.78, 5) is 22.1. The molecule has 1 amide bonds. The molecule has 6 heteroatoms. The van der Waals surface area contributed by atoms with Gasteiger partial charge in [-0.3, -0.25) is 4.79 Å². The molecule has 1 heterocycles. The zero-order chi connectivity index (χ0) is 15.1. The lowest BCUT2D eigenvalue weighted by Gasteiger charge is -2.24. The van der Waals surface area contributed by atoms with Gasteiger partial charge in [0.2, 0.25) is 0 Å². The van der Waals surface area contributed by atoms with Gasteiger partial charge in [0, 0.05) is 18.9 Å². The number of nitrogens with two attached hydrogens (primary N) is 1. The fourth-order valence-electron chi connectivity index (χ4n) is 2.00. The molecule has 21 heavy (non-hydrogen) atoms. The number of amides is 1. The SMILES string of the molecule is COc1ccccc1N(CCCN)C(=O)c1cncnc1. The minimum absolute atomic E-state index is 0.173. The van der Waals surface area contributed by atoms with Gasteiger partial charge in [0.25, 0.3) is 5.91 Å². The molecule has 0 radical (unpaired) electrons. The van der Waals surface area contributed by atoms with E-state index in [9.17, 15) is 4.79 Å². The predicted octanol–water partition coefficient (Wildman–Crippen LogP) is 1.48. The molecule has 0 aliphatic rings. The number of anilines is 1. The summed E-state index contributed by atoms with van der Waals surface area (Å²) in [5, 5.41) is 0. The summed E-state index contributed by atoms with van der Waals surface area (Å²) in [6.45, 7) is 1.01. The van der Waals surface area contributed by atoms with E-state index in [1.807, 2.05) is 24.3 Å². The van der Waals surface area contributed by atoms with Gasteiger partial charge in [-0.05, 0) is 25.1 Å². The smallest absolute Gasteiger partial charge is 0.261 e. The fraction of sp³-hybridized carbons (Fsp3) is 0.267. The topological polar surface area (TPSA) is 81.3 Å². The first-order valence-electron chi connectivity index (χ1n) is 6.68. The van der Waals surface area contributed by atoms with E-state index < -0.39 is 0 Å². The maximum Gasteiger partial charge on any atom is 0.261 e. The fourth-order valence-corrected chi connectivity index (χ4v) is 2.00. The third kappa shape index (κ3) is 3.55. The normalized spacial score (nSPS) is 10.2. The highest BCUT2D eigenvalue weighted by Gasteiger charge is 2.20. The van der Waals surface area contributed by atoms with Gasteiger partial charge in [-0.25, -0.2) is 9.97 Å². The number of rotatable bonds is 6. The molecule has 1 aromatic heterocycles. The van der Waals surface area contributed by atoms with Crippen molar-refractivity contribution in [1.82, 2.24) is 9.97 Å². The van der Waals surface area contributed by atoms with Crippen LogP contribution in [-0.2, 0) is 0 Å². The molecule has 0 atom stereocenters. The summed E-state index contributed by atoms with van der Waals surface area (Å²) in [7, 11) is 1.58. The molecule has 0 fully saturated rings. The number of hydrogen-bond acceptors (Lipinski definition) is 5. The standard InChI is InChI=1S/C15H18N4O2/c1-21-14-6-3-2-5-13(14)19(8-4-7-16)15(20)12-9-17-11-18-10-12/h2-3,5-6,9-11H,4,7-8,16H2,1H3. The third-order valence-electron chi connectivity index (χ3n) is 3.01. The van der Waals surface area contributed by atoms with Gasteiger partial charge in [0.15, 0.2) is 0 Å². The summed E-state index contributed by atoms with van der Waals surface area (Å²) in [6, 6.07) is 7.39. The van der Waals surface area contributed by atoms with Crippen LogP contribution in [0.15, 0.2) is 43.0 Å². The van der Waals surface area contributed by atoms with Gasteiger partial charge in [0.1, 0.15) is 12.1 Å².